The number of hydrogen-bond donors (Lipinski definition) is 3. The Bertz CT molecular complexity index is 592. The van der Waals surface area contributed by atoms with Crippen LogP contribution in [-0.4, -0.2) is 36.1 Å². The highest BCUT2D eigenvalue weighted by atomic mass is 32.1. The van der Waals surface area contributed by atoms with Gasteiger partial charge in [0.05, 0.1) is 12.4 Å². The summed E-state index contributed by atoms with van der Waals surface area (Å²) < 4.78 is 10.2. The van der Waals surface area contributed by atoms with Crippen LogP contribution < -0.4 is 11.1 Å². The molecule has 1 unspecified atom stereocenters. The Labute approximate surface area is 146 Å². The minimum Gasteiger partial charge on any atom is -0.464 e. The average molecular weight is 355 g/mol. The van der Waals surface area contributed by atoms with Gasteiger partial charge in [0.1, 0.15) is 11.6 Å². The van der Waals surface area contributed by atoms with Crippen molar-refractivity contribution in [1.82, 2.24) is 5.32 Å². The monoisotopic (exact) mass is 355 g/mol. The Morgan fingerprint density at radius 1 is 1.33 bits per heavy atom. The van der Waals surface area contributed by atoms with E-state index in [9.17, 15) is 9.59 Å². The van der Waals surface area contributed by atoms with Gasteiger partial charge in [0, 0.05) is 22.6 Å². The van der Waals surface area contributed by atoms with Crippen molar-refractivity contribution in [2.75, 3.05) is 6.61 Å². The van der Waals surface area contributed by atoms with Gasteiger partial charge in [0.15, 0.2) is 0 Å². The summed E-state index contributed by atoms with van der Waals surface area (Å²) in [6, 6.07) is 2.88. The van der Waals surface area contributed by atoms with Crippen molar-refractivity contribution in [3.8, 4) is 0 Å². The summed E-state index contributed by atoms with van der Waals surface area (Å²) in [5.41, 5.74) is 4.74. The summed E-state index contributed by atoms with van der Waals surface area (Å²) >= 11 is 1.44. The summed E-state index contributed by atoms with van der Waals surface area (Å²) in [7, 11) is 0. The third kappa shape index (κ3) is 7.45. The second kappa shape index (κ2) is 8.68. The van der Waals surface area contributed by atoms with Crippen LogP contribution in [0.25, 0.3) is 0 Å². The van der Waals surface area contributed by atoms with Crippen LogP contribution in [0.1, 0.15) is 37.4 Å². The molecule has 1 amide bonds. The van der Waals surface area contributed by atoms with Gasteiger partial charge >= 0.3 is 12.1 Å². The molecule has 0 aliphatic heterocycles. The Morgan fingerprint density at radius 2 is 1.96 bits per heavy atom. The molecule has 0 saturated heterocycles. The van der Waals surface area contributed by atoms with Crippen LogP contribution in [0.2, 0.25) is 0 Å². The number of amidine groups is 1. The molecule has 1 aromatic heterocycles. The molecular weight excluding hydrogens is 330 g/mol. The van der Waals surface area contributed by atoms with E-state index in [1.165, 1.54) is 11.3 Å². The predicted octanol–water partition coefficient (Wildman–Crippen LogP) is 2.23. The fourth-order valence-electron chi connectivity index (χ4n) is 1.90. The Morgan fingerprint density at radius 3 is 2.50 bits per heavy atom. The third-order valence-electron chi connectivity index (χ3n) is 2.75. The summed E-state index contributed by atoms with van der Waals surface area (Å²) in [6.07, 6.45) is -0.00409. The maximum atomic E-state index is 12.1. The van der Waals surface area contributed by atoms with Crippen molar-refractivity contribution >= 4 is 29.2 Å². The van der Waals surface area contributed by atoms with Crippen LogP contribution in [0.5, 0.6) is 0 Å². The van der Waals surface area contributed by atoms with E-state index in [-0.39, 0.29) is 12.4 Å². The van der Waals surface area contributed by atoms with Crippen LogP contribution in [0, 0.1) is 5.41 Å². The van der Waals surface area contributed by atoms with Gasteiger partial charge in [-0.15, -0.1) is 11.3 Å². The Balaban J connectivity index is 2.78. The van der Waals surface area contributed by atoms with Gasteiger partial charge in [0.2, 0.25) is 0 Å². The van der Waals surface area contributed by atoms with E-state index < -0.39 is 23.7 Å². The fraction of sp³-hybridized carbons (Fsp3) is 0.562. The number of ether oxygens (including phenoxy) is 2. The van der Waals surface area contributed by atoms with E-state index in [4.69, 9.17) is 20.6 Å². The fourth-order valence-corrected chi connectivity index (χ4v) is 2.99. The molecule has 4 N–H and O–H groups in total. The zero-order valence-electron chi connectivity index (χ0n) is 14.5. The lowest BCUT2D eigenvalue weighted by molar-refractivity contribution is -0.145. The molecule has 0 aliphatic rings. The van der Waals surface area contributed by atoms with E-state index in [2.05, 4.69) is 5.32 Å². The smallest absolute Gasteiger partial charge is 0.408 e. The van der Waals surface area contributed by atoms with Gasteiger partial charge < -0.3 is 20.5 Å². The molecule has 0 fully saturated rings. The average Bonchev–Trinajstić information content (AvgIpc) is 2.82. The van der Waals surface area contributed by atoms with Crippen molar-refractivity contribution in [2.45, 2.75) is 52.2 Å². The predicted molar refractivity (Wildman–Crippen MR) is 93.4 cm³/mol. The Kier molecular flexibility index (Phi) is 7.21. The lowest BCUT2D eigenvalue weighted by atomic mass is 10.2. The number of hydrogen-bond acceptors (Lipinski definition) is 6. The van der Waals surface area contributed by atoms with E-state index >= 15 is 0 Å². The van der Waals surface area contributed by atoms with Gasteiger partial charge in [-0.05, 0) is 39.8 Å². The molecule has 7 nitrogen and oxygen atoms in total. The molecule has 0 spiro atoms. The third-order valence-corrected chi connectivity index (χ3v) is 3.86. The quantitative estimate of drug-likeness (QED) is 0.394. The zero-order valence-corrected chi connectivity index (χ0v) is 15.3. The summed E-state index contributed by atoms with van der Waals surface area (Å²) in [4.78, 5) is 25.8. The maximum absolute atomic E-state index is 12.1. The van der Waals surface area contributed by atoms with Gasteiger partial charge in [0.25, 0.3) is 0 Å². The SMILES string of the molecule is CCOC(=O)C(Cc1ccc(CC(=N)N)s1)NC(=O)OC(C)(C)C. The maximum Gasteiger partial charge on any atom is 0.408 e. The van der Waals surface area contributed by atoms with E-state index in [1.54, 1.807) is 27.7 Å². The molecule has 24 heavy (non-hydrogen) atoms. The van der Waals surface area contributed by atoms with Crippen LogP contribution in [0.4, 0.5) is 4.79 Å². The van der Waals surface area contributed by atoms with E-state index in [0.717, 1.165) is 9.75 Å². The number of alkyl carbamates (subject to hydrolysis) is 1. The molecule has 0 aromatic carbocycles. The molecule has 134 valence electrons. The van der Waals surface area contributed by atoms with Crippen molar-refractivity contribution in [3.05, 3.63) is 21.9 Å². The van der Waals surface area contributed by atoms with Gasteiger partial charge in [-0.25, -0.2) is 9.59 Å². The van der Waals surface area contributed by atoms with Crippen LogP contribution in [0.15, 0.2) is 12.1 Å². The molecule has 8 heteroatoms. The second-order valence-electron chi connectivity index (χ2n) is 6.23. The molecular formula is C16H25N3O4S. The number of carbonyl (C=O) groups excluding carboxylic acids is 2. The van der Waals surface area contributed by atoms with Crippen LogP contribution >= 0.6 is 11.3 Å². The highest BCUT2D eigenvalue weighted by Crippen LogP contribution is 2.19. The molecule has 0 aliphatic carbocycles. The van der Waals surface area contributed by atoms with E-state index in [0.29, 0.717) is 12.8 Å². The number of carbonyl (C=O) groups is 2. The first kappa shape index (κ1) is 20.0. The van der Waals surface area contributed by atoms with Gasteiger partial charge in [-0.1, -0.05) is 0 Å². The largest absolute Gasteiger partial charge is 0.464 e. The molecule has 1 atom stereocenters. The first-order valence-electron chi connectivity index (χ1n) is 7.67. The number of thiophene rings is 1. The number of nitrogens with two attached hydrogens (primary N) is 1. The number of nitrogens with one attached hydrogen (secondary N) is 2. The zero-order chi connectivity index (χ0) is 18.3. The number of esters is 1. The minimum atomic E-state index is -0.830. The van der Waals surface area contributed by atoms with Gasteiger partial charge in [-0.2, -0.15) is 0 Å². The summed E-state index contributed by atoms with van der Waals surface area (Å²) in [5.74, 6) is -0.429. The molecule has 0 bridgehead atoms. The molecule has 1 aromatic rings. The van der Waals surface area contributed by atoms with Crippen LogP contribution in [0.3, 0.4) is 0 Å². The first-order chi connectivity index (χ1) is 11.1. The van der Waals surface area contributed by atoms with Crippen molar-refractivity contribution in [1.29, 1.82) is 5.41 Å². The van der Waals surface area contributed by atoms with Crippen molar-refractivity contribution < 1.29 is 19.1 Å². The van der Waals surface area contributed by atoms with Gasteiger partial charge in [-0.3, -0.25) is 5.41 Å². The molecule has 0 radical (unpaired) electrons. The topological polar surface area (TPSA) is 115 Å². The minimum absolute atomic E-state index is 0.0808. The molecule has 0 saturated carbocycles. The molecule has 1 heterocycles. The van der Waals surface area contributed by atoms with Crippen LogP contribution in [-0.2, 0) is 27.1 Å². The standard InChI is InChI=1S/C16H25N3O4S/c1-5-22-14(20)12(19-15(21)23-16(2,3)4)8-10-6-7-11(24-10)9-13(17)18/h6-7,12H,5,8-9H2,1-4H3,(H3,17,18)(H,19,21). The highest BCUT2D eigenvalue weighted by molar-refractivity contribution is 7.12. The number of rotatable bonds is 7. The number of amides is 1. The molecule has 1 rings (SSSR count). The lowest BCUT2D eigenvalue weighted by Gasteiger charge is -2.22. The van der Waals surface area contributed by atoms with Crippen molar-refractivity contribution in [3.63, 3.8) is 0 Å². The van der Waals surface area contributed by atoms with E-state index in [1.807, 2.05) is 12.1 Å². The highest BCUT2D eigenvalue weighted by Gasteiger charge is 2.26. The summed E-state index contributed by atoms with van der Waals surface area (Å²) in [6.45, 7) is 7.18. The van der Waals surface area contributed by atoms with Crippen molar-refractivity contribution in [2.24, 2.45) is 5.73 Å². The second-order valence-corrected chi connectivity index (χ2v) is 7.48. The summed E-state index contributed by atoms with van der Waals surface area (Å²) in [5, 5.41) is 9.88. The lowest BCUT2D eigenvalue weighted by Crippen LogP contribution is -2.45. The first-order valence-corrected chi connectivity index (χ1v) is 8.49. The normalized spacial score (nSPS) is 12.3. The Hall–Kier alpha value is -2.09.